The molecule has 0 aliphatic heterocycles. The highest BCUT2D eigenvalue weighted by atomic mass is 32.2. The van der Waals surface area contributed by atoms with Crippen molar-refractivity contribution in [3.05, 3.63) is 23.8 Å². The van der Waals surface area contributed by atoms with Gasteiger partial charge in [0.1, 0.15) is 0 Å². The van der Waals surface area contributed by atoms with Crippen LogP contribution in [0.2, 0.25) is 0 Å². The molecule has 1 nitrogen and oxygen atoms in total. The Labute approximate surface area is 74.5 Å². The topological polar surface area (TPSA) is 12.9 Å². The molecule has 1 aromatic carbocycles. The van der Waals surface area contributed by atoms with Gasteiger partial charge in [-0.2, -0.15) is 4.98 Å². The van der Waals surface area contributed by atoms with Gasteiger partial charge in [0, 0.05) is 12.6 Å². The van der Waals surface area contributed by atoms with E-state index in [0.29, 0.717) is 0 Å². The summed E-state index contributed by atoms with van der Waals surface area (Å²) in [6, 6.07) is 6.27. The van der Waals surface area contributed by atoms with Crippen LogP contribution in [0.15, 0.2) is 22.5 Å². The first-order valence-electron chi connectivity index (χ1n) is 3.34. The number of hydrogen-bond donors (Lipinski definition) is 0. The van der Waals surface area contributed by atoms with Crippen LogP contribution in [0, 0.1) is 6.92 Å². The summed E-state index contributed by atoms with van der Waals surface area (Å²) in [4.78, 5) is 4.29. The van der Waals surface area contributed by atoms with Crippen molar-refractivity contribution in [2.45, 2.75) is 11.3 Å². The predicted molar refractivity (Wildman–Crippen MR) is 52.8 cm³/mol. The maximum Gasteiger partial charge on any atom is 0.300 e. The molecular weight excluding hydrogens is 174 g/mol. The Hall–Kier alpha value is -0.540. The Morgan fingerprint density at radius 2 is 2.27 bits per heavy atom. The molecule has 0 N–H and O–H groups in total. The number of thiazole rings is 1. The normalized spacial score (nSPS) is 10.7. The summed E-state index contributed by atoms with van der Waals surface area (Å²) in [7, 11) is 0. The van der Waals surface area contributed by atoms with Gasteiger partial charge < -0.3 is 0 Å². The van der Waals surface area contributed by atoms with Crippen molar-refractivity contribution in [2.75, 3.05) is 0 Å². The molecule has 0 fully saturated rings. The summed E-state index contributed by atoms with van der Waals surface area (Å²) in [6.45, 7) is 2.09. The van der Waals surface area contributed by atoms with Gasteiger partial charge in [-0.1, -0.05) is 17.4 Å². The van der Waals surface area contributed by atoms with Gasteiger partial charge in [0.2, 0.25) is 0 Å². The van der Waals surface area contributed by atoms with Gasteiger partial charge in [-0.15, -0.1) is 0 Å². The first kappa shape index (κ1) is 7.13. The lowest BCUT2D eigenvalue weighted by molar-refractivity contribution is 1.31. The fraction of sp³-hybridized carbons (Fsp3) is 0.125. The van der Waals surface area contributed by atoms with Crippen molar-refractivity contribution in [2.24, 2.45) is 0 Å². The number of aryl methyl sites for hydroxylation is 1. The summed E-state index contributed by atoms with van der Waals surface area (Å²) in [6.07, 6.45) is 0. The van der Waals surface area contributed by atoms with Crippen LogP contribution < -0.4 is 0 Å². The monoisotopic (exact) mass is 182 g/mol. The van der Waals surface area contributed by atoms with E-state index < -0.39 is 0 Å². The first-order chi connectivity index (χ1) is 5.25. The van der Waals surface area contributed by atoms with E-state index in [4.69, 9.17) is 0 Å². The molecule has 0 radical (unpaired) electrons. The van der Waals surface area contributed by atoms with Gasteiger partial charge in [-0.25, -0.2) is 0 Å². The number of nitrogens with zero attached hydrogens (tertiary/aromatic N) is 1. The van der Waals surface area contributed by atoms with Crippen LogP contribution in [0.25, 0.3) is 10.2 Å². The predicted octanol–water partition coefficient (Wildman–Crippen LogP) is 1.98. The van der Waals surface area contributed by atoms with Gasteiger partial charge in [0.25, 0.3) is 4.34 Å². The fourth-order valence-electron chi connectivity index (χ4n) is 1.03. The molecule has 0 aliphatic carbocycles. The molecule has 0 bridgehead atoms. The molecule has 11 heavy (non-hydrogen) atoms. The Kier molecular flexibility index (Phi) is 1.62. The SMILES string of the molecule is Cc1ccc2nc([SH2+])sc2c1. The second-order valence-electron chi connectivity index (χ2n) is 2.49. The number of fused-ring (bicyclic) bond motifs is 1. The molecule has 0 saturated carbocycles. The minimum Gasteiger partial charge on any atom is -0.192 e. The third kappa shape index (κ3) is 1.26. The Balaban J connectivity index is 2.82. The van der Waals surface area contributed by atoms with E-state index in [0.717, 1.165) is 9.86 Å². The van der Waals surface area contributed by atoms with Crippen molar-refractivity contribution in [1.29, 1.82) is 0 Å². The van der Waals surface area contributed by atoms with Gasteiger partial charge in [-0.05, 0) is 24.6 Å². The van der Waals surface area contributed by atoms with E-state index in [1.807, 2.05) is 6.07 Å². The van der Waals surface area contributed by atoms with Crippen molar-refractivity contribution >= 4 is 34.2 Å². The number of rotatable bonds is 0. The molecule has 0 aliphatic rings. The van der Waals surface area contributed by atoms with E-state index in [1.54, 1.807) is 11.3 Å². The quantitative estimate of drug-likeness (QED) is 0.568. The van der Waals surface area contributed by atoms with Crippen LogP contribution in [0.4, 0.5) is 0 Å². The van der Waals surface area contributed by atoms with Crippen LogP contribution in [-0.2, 0) is 12.6 Å². The minimum atomic E-state index is 0.950. The van der Waals surface area contributed by atoms with Gasteiger partial charge in [-0.3, -0.25) is 0 Å². The fourth-order valence-corrected chi connectivity index (χ4v) is 2.30. The molecule has 0 spiro atoms. The van der Waals surface area contributed by atoms with E-state index in [2.05, 4.69) is 36.7 Å². The highest BCUT2D eigenvalue weighted by molar-refractivity contribution is 7.63. The average Bonchev–Trinajstić information content (AvgIpc) is 2.27. The summed E-state index contributed by atoms with van der Waals surface area (Å²) in [5, 5.41) is 0. The molecule has 2 aromatic rings. The molecule has 56 valence electrons. The lowest BCUT2D eigenvalue weighted by Gasteiger charge is -1.88. The second-order valence-corrected chi connectivity index (χ2v) is 4.36. The zero-order valence-corrected chi connectivity index (χ0v) is 7.90. The van der Waals surface area contributed by atoms with Crippen molar-refractivity contribution in [3.63, 3.8) is 0 Å². The summed E-state index contributed by atoms with van der Waals surface area (Å²) in [5.74, 6) is 0. The zero-order valence-electron chi connectivity index (χ0n) is 6.09. The molecule has 3 heteroatoms. The van der Waals surface area contributed by atoms with Crippen LogP contribution in [0.1, 0.15) is 5.56 Å². The van der Waals surface area contributed by atoms with Crippen molar-refractivity contribution in [3.8, 4) is 0 Å². The largest absolute Gasteiger partial charge is 0.300 e. The van der Waals surface area contributed by atoms with Crippen molar-refractivity contribution < 1.29 is 0 Å². The second kappa shape index (κ2) is 2.50. The highest BCUT2D eigenvalue weighted by Crippen LogP contribution is 2.22. The average molecular weight is 182 g/mol. The van der Waals surface area contributed by atoms with E-state index in [9.17, 15) is 0 Å². The minimum absolute atomic E-state index is 0.950. The third-order valence-corrected chi connectivity index (χ3v) is 2.79. The maximum absolute atomic E-state index is 4.29. The maximum atomic E-state index is 4.29. The molecule has 1 aromatic heterocycles. The molecule has 0 saturated heterocycles. The van der Waals surface area contributed by atoms with Crippen LogP contribution in [-0.4, -0.2) is 4.98 Å². The first-order valence-corrected chi connectivity index (χ1v) is 4.66. The molecule has 1 heterocycles. The number of hydrogen-bond acceptors (Lipinski definition) is 2. The number of benzene rings is 1. The highest BCUT2D eigenvalue weighted by Gasteiger charge is 2.02. The molecule has 2 rings (SSSR count). The third-order valence-electron chi connectivity index (χ3n) is 1.54. The van der Waals surface area contributed by atoms with E-state index in [1.165, 1.54) is 10.3 Å². The Morgan fingerprint density at radius 3 is 3.09 bits per heavy atom. The lowest BCUT2D eigenvalue weighted by Crippen LogP contribution is -1.70. The smallest absolute Gasteiger partial charge is 0.192 e. The Morgan fingerprint density at radius 1 is 1.45 bits per heavy atom. The number of aromatic nitrogens is 1. The van der Waals surface area contributed by atoms with E-state index >= 15 is 0 Å². The summed E-state index contributed by atoms with van der Waals surface area (Å²) in [5.41, 5.74) is 2.36. The molecule has 0 unspecified atom stereocenters. The van der Waals surface area contributed by atoms with Gasteiger partial charge in [0.15, 0.2) is 0 Å². The summed E-state index contributed by atoms with van der Waals surface area (Å²) < 4.78 is 2.20. The standard InChI is InChI=1S/C8H7NS2/c1-5-2-3-6-7(4-5)11-8(10)9-6/h2-4H,1H3,(H,9,10)/p+1. The lowest BCUT2D eigenvalue weighted by atomic mass is 10.2. The Bertz CT molecular complexity index is 392. The zero-order chi connectivity index (χ0) is 7.84. The molecule has 0 amide bonds. The van der Waals surface area contributed by atoms with Gasteiger partial charge in [0.05, 0.1) is 10.2 Å². The van der Waals surface area contributed by atoms with Crippen molar-refractivity contribution in [1.82, 2.24) is 4.98 Å². The molecular formula is C8H8NS2+. The molecule has 0 atom stereocenters. The van der Waals surface area contributed by atoms with E-state index in [-0.39, 0.29) is 0 Å². The van der Waals surface area contributed by atoms with Crippen LogP contribution >= 0.6 is 11.3 Å². The van der Waals surface area contributed by atoms with Crippen LogP contribution in [0.5, 0.6) is 0 Å². The van der Waals surface area contributed by atoms with Gasteiger partial charge >= 0.3 is 0 Å². The van der Waals surface area contributed by atoms with Crippen LogP contribution in [0.3, 0.4) is 0 Å². The summed E-state index contributed by atoms with van der Waals surface area (Å²) >= 11 is 5.07.